The van der Waals surface area contributed by atoms with Gasteiger partial charge in [0.15, 0.2) is 0 Å². The van der Waals surface area contributed by atoms with Crippen molar-refractivity contribution in [1.29, 1.82) is 0 Å². The van der Waals surface area contributed by atoms with Crippen LogP contribution in [0, 0.1) is 12.3 Å². The molecule has 2 nitrogen and oxygen atoms in total. The number of benzene rings is 2. The monoisotopic (exact) mass is 418 g/mol. The first-order valence-corrected chi connectivity index (χ1v) is 11.4. The maximum absolute atomic E-state index is 8.80. The van der Waals surface area contributed by atoms with Crippen molar-refractivity contribution in [3.8, 4) is 33.5 Å². The Labute approximate surface area is 193 Å². The van der Waals surface area contributed by atoms with Crippen LogP contribution >= 0.6 is 0 Å². The molecule has 2 heterocycles. The van der Waals surface area contributed by atoms with E-state index in [1.165, 1.54) is 38.9 Å². The topological polar surface area (TPSA) is 25.8 Å². The second-order valence-corrected chi connectivity index (χ2v) is 10.1. The molecule has 0 spiro atoms. The number of aryl methyl sites for hydroxylation is 1. The molecule has 0 saturated carbocycles. The highest BCUT2D eigenvalue weighted by Gasteiger charge is 2.32. The lowest BCUT2D eigenvalue weighted by Gasteiger charge is -2.19. The Hall–Kier alpha value is -3.26. The molecule has 0 atom stereocenters. The maximum atomic E-state index is 8.80. The highest BCUT2D eigenvalue weighted by molar-refractivity contribution is 5.98. The van der Waals surface area contributed by atoms with Gasteiger partial charge in [0.25, 0.3) is 0 Å². The van der Waals surface area contributed by atoms with Crippen molar-refractivity contribution in [3.05, 3.63) is 94.4 Å². The summed E-state index contributed by atoms with van der Waals surface area (Å²) in [6.45, 7) is 7.88. The second-order valence-electron chi connectivity index (χ2n) is 10.1. The van der Waals surface area contributed by atoms with Gasteiger partial charge in [0.05, 0.1) is 11.4 Å². The minimum absolute atomic E-state index is 0.523. The van der Waals surface area contributed by atoms with Gasteiger partial charge in [0.1, 0.15) is 0 Å². The number of fused-ring (bicyclic) bond motifs is 7. The Morgan fingerprint density at radius 2 is 1.72 bits per heavy atom. The SMILES string of the molecule is [2H]C([2H])(c1ccnc(-c2cc3c(c4c2Cc2nc(C)ccc2-4)-c2ccccc2C3)c1)C(C)(C)C. The quantitative estimate of drug-likeness (QED) is 0.297. The third-order valence-corrected chi connectivity index (χ3v) is 6.47. The van der Waals surface area contributed by atoms with Crippen LogP contribution < -0.4 is 0 Å². The summed E-state index contributed by atoms with van der Waals surface area (Å²) in [5, 5.41) is 0. The Morgan fingerprint density at radius 3 is 2.56 bits per heavy atom. The van der Waals surface area contributed by atoms with Gasteiger partial charge in [0, 0.05) is 32.2 Å². The lowest BCUT2D eigenvalue weighted by atomic mass is 9.86. The molecule has 0 aliphatic heterocycles. The average molecular weight is 419 g/mol. The zero-order valence-corrected chi connectivity index (χ0v) is 19.1. The van der Waals surface area contributed by atoms with Crippen LogP contribution in [-0.4, -0.2) is 9.97 Å². The van der Waals surface area contributed by atoms with Crippen molar-refractivity contribution in [2.24, 2.45) is 5.41 Å². The van der Waals surface area contributed by atoms with Crippen LogP contribution in [0.2, 0.25) is 0 Å². The van der Waals surface area contributed by atoms with Crippen LogP contribution in [0.3, 0.4) is 0 Å². The van der Waals surface area contributed by atoms with Crippen molar-refractivity contribution < 1.29 is 2.74 Å². The molecule has 0 bridgehead atoms. The summed E-state index contributed by atoms with van der Waals surface area (Å²) in [6.07, 6.45) is 1.97. The normalized spacial score (nSPS) is 14.9. The molecule has 0 radical (unpaired) electrons. The minimum atomic E-state index is -1.47. The van der Waals surface area contributed by atoms with Crippen molar-refractivity contribution >= 4 is 0 Å². The second kappa shape index (κ2) is 6.87. The molecule has 0 saturated heterocycles. The first-order chi connectivity index (χ1) is 16.1. The van der Waals surface area contributed by atoms with Crippen LogP contribution in [0.25, 0.3) is 33.5 Å². The molecule has 0 N–H and O–H groups in total. The maximum Gasteiger partial charge on any atom is 0.0707 e. The van der Waals surface area contributed by atoms with E-state index in [0.29, 0.717) is 5.56 Å². The number of pyridine rings is 2. The number of rotatable bonds is 2. The highest BCUT2D eigenvalue weighted by Crippen LogP contribution is 2.51. The van der Waals surface area contributed by atoms with Gasteiger partial charge < -0.3 is 0 Å². The van der Waals surface area contributed by atoms with Gasteiger partial charge in [-0.3, -0.25) is 9.97 Å². The minimum Gasteiger partial charge on any atom is -0.257 e. The molecule has 4 aromatic rings. The van der Waals surface area contributed by atoms with Crippen molar-refractivity contribution in [3.63, 3.8) is 0 Å². The van der Waals surface area contributed by atoms with Crippen molar-refractivity contribution in [1.82, 2.24) is 9.97 Å². The molecule has 32 heavy (non-hydrogen) atoms. The fourth-order valence-electron chi connectivity index (χ4n) is 5.29. The molecule has 6 rings (SSSR count). The molecular formula is C30H28N2. The number of nitrogens with zero attached hydrogens (tertiary/aromatic N) is 2. The predicted octanol–water partition coefficient (Wildman–Crippen LogP) is 7.18. The number of hydrogen-bond acceptors (Lipinski definition) is 2. The standard InChI is InChI=1S/C30H28N2/c1-18-9-10-23-27(32-18)16-25-24(26-13-19(11-12-31-26)17-30(2,3)4)15-21-14-20-7-5-6-8-22(20)28(21)29(23)25/h5-13,15H,14,16-17H2,1-4H3/i17D2. The zero-order chi connectivity index (χ0) is 23.8. The van der Waals surface area contributed by atoms with E-state index in [1.807, 2.05) is 39.8 Å². The lowest BCUT2D eigenvalue weighted by molar-refractivity contribution is 0.411. The molecule has 2 aromatic heterocycles. The summed E-state index contributed by atoms with van der Waals surface area (Å²) in [5.41, 5.74) is 13.3. The molecule has 2 aromatic carbocycles. The summed E-state index contributed by atoms with van der Waals surface area (Å²) in [4.78, 5) is 9.64. The van der Waals surface area contributed by atoms with E-state index in [9.17, 15) is 0 Å². The van der Waals surface area contributed by atoms with Crippen LogP contribution in [0.15, 0.2) is 60.8 Å². The first kappa shape index (κ1) is 17.3. The molecule has 2 aliphatic carbocycles. The van der Waals surface area contributed by atoms with Crippen molar-refractivity contribution in [2.45, 2.75) is 46.9 Å². The number of hydrogen-bond donors (Lipinski definition) is 0. The van der Waals surface area contributed by atoms with E-state index in [1.54, 1.807) is 6.20 Å². The summed E-state index contributed by atoms with van der Waals surface area (Å²) in [5.74, 6) is 0. The Balaban J connectivity index is 1.61. The van der Waals surface area contributed by atoms with Gasteiger partial charge in [-0.05, 0) is 88.3 Å². The van der Waals surface area contributed by atoms with Gasteiger partial charge in [0.2, 0.25) is 0 Å². The van der Waals surface area contributed by atoms with Gasteiger partial charge in [-0.2, -0.15) is 0 Å². The fraction of sp³-hybridized carbons (Fsp3) is 0.267. The summed E-state index contributed by atoms with van der Waals surface area (Å²) >= 11 is 0. The largest absolute Gasteiger partial charge is 0.257 e. The average Bonchev–Trinajstić information content (AvgIpc) is 3.35. The van der Waals surface area contributed by atoms with E-state index >= 15 is 0 Å². The smallest absolute Gasteiger partial charge is 0.0707 e. The van der Waals surface area contributed by atoms with Gasteiger partial charge in [-0.1, -0.05) is 51.1 Å². The highest BCUT2D eigenvalue weighted by atomic mass is 14.7. The summed E-state index contributed by atoms with van der Waals surface area (Å²) < 4.78 is 17.6. The predicted molar refractivity (Wildman–Crippen MR) is 132 cm³/mol. The Morgan fingerprint density at radius 1 is 0.875 bits per heavy atom. The summed E-state index contributed by atoms with van der Waals surface area (Å²) in [6, 6.07) is 19.1. The van der Waals surface area contributed by atoms with Crippen molar-refractivity contribution in [2.75, 3.05) is 0 Å². The summed E-state index contributed by atoms with van der Waals surface area (Å²) in [7, 11) is 0. The van der Waals surface area contributed by atoms with Gasteiger partial charge in [-0.25, -0.2) is 0 Å². The van der Waals surface area contributed by atoms with Gasteiger partial charge in [-0.15, -0.1) is 0 Å². The molecule has 158 valence electrons. The van der Waals surface area contributed by atoms with E-state index < -0.39 is 11.8 Å². The molecule has 0 amide bonds. The van der Waals surface area contributed by atoms with E-state index in [0.717, 1.165) is 35.5 Å². The molecule has 2 aliphatic rings. The number of aromatic nitrogens is 2. The lowest BCUT2D eigenvalue weighted by Crippen LogP contribution is -2.09. The molecule has 2 heteroatoms. The van der Waals surface area contributed by atoms with E-state index in [-0.39, 0.29) is 0 Å². The van der Waals surface area contributed by atoms with E-state index in [2.05, 4.69) is 42.5 Å². The van der Waals surface area contributed by atoms with E-state index in [4.69, 9.17) is 12.7 Å². The third-order valence-electron chi connectivity index (χ3n) is 6.47. The third kappa shape index (κ3) is 3.09. The Bertz CT molecular complexity index is 1480. The first-order valence-electron chi connectivity index (χ1n) is 12.4. The van der Waals surface area contributed by atoms with Crippen LogP contribution in [0.5, 0.6) is 0 Å². The van der Waals surface area contributed by atoms with Crippen LogP contribution in [0.1, 0.15) is 57.2 Å². The molecular weight excluding hydrogens is 388 g/mol. The molecule has 0 fully saturated rings. The zero-order valence-electron chi connectivity index (χ0n) is 21.1. The van der Waals surface area contributed by atoms with Crippen LogP contribution in [-0.2, 0) is 19.2 Å². The van der Waals surface area contributed by atoms with Gasteiger partial charge >= 0.3 is 0 Å². The molecule has 0 unspecified atom stereocenters. The fourth-order valence-corrected chi connectivity index (χ4v) is 5.29. The Kier molecular flexibility index (Phi) is 3.72. The van der Waals surface area contributed by atoms with Crippen LogP contribution in [0.4, 0.5) is 0 Å².